The second kappa shape index (κ2) is 6.62. The van der Waals surface area contributed by atoms with Crippen LogP contribution in [-0.2, 0) is 4.74 Å². The number of aliphatic hydroxyl groups excluding tert-OH is 1. The van der Waals surface area contributed by atoms with Crippen LogP contribution in [0.2, 0.25) is 0 Å². The monoisotopic (exact) mass is 221 g/mol. The van der Waals surface area contributed by atoms with E-state index in [-0.39, 0.29) is 6.10 Å². The van der Waals surface area contributed by atoms with Gasteiger partial charge in [0.2, 0.25) is 0 Å². The number of rotatable bonds is 5. The zero-order valence-electron chi connectivity index (χ0n) is 8.79. The van der Waals surface area contributed by atoms with Crippen molar-refractivity contribution in [2.75, 3.05) is 38.7 Å². The highest BCUT2D eigenvalue weighted by molar-refractivity contribution is 6.17. The fourth-order valence-electron chi connectivity index (χ4n) is 1.77. The van der Waals surface area contributed by atoms with Gasteiger partial charge in [-0.1, -0.05) is 6.92 Å². The van der Waals surface area contributed by atoms with Crippen molar-refractivity contribution < 1.29 is 9.84 Å². The summed E-state index contributed by atoms with van der Waals surface area (Å²) in [5.41, 5.74) is 0. The normalized spacial score (nSPS) is 29.4. The van der Waals surface area contributed by atoms with E-state index in [2.05, 4.69) is 11.8 Å². The van der Waals surface area contributed by atoms with Gasteiger partial charge in [0.25, 0.3) is 0 Å². The predicted octanol–water partition coefficient (Wildman–Crippen LogP) is 0.944. The van der Waals surface area contributed by atoms with Crippen molar-refractivity contribution in [3.63, 3.8) is 0 Å². The molecule has 0 aliphatic carbocycles. The van der Waals surface area contributed by atoms with Crippen molar-refractivity contribution in [1.82, 2.24) is 4.90 Å². The highest BCUT2D eigenvalue weighted by atomic mass is 35.5. The Morgan fingerprint density at radius 2 is 2.29 bits per heavy atom. The van der Waals surface area contributed by atoms with Crippen LogP contribution in [0.3, 0.4) is 0 Å². The molecule has 1 N–H and O–H groups in total. The molecule has 0 aromatic carbocycles. The van der Waals surface area contributed by atoms with Crippen LogP contribution in [0.1, 0.15) is 13.3 Å². The maximum Gasteiger partial charge on any atom is 0.0602 e. The number of likely N-dealkylation sites (tertiary alicyclic amines) is 1. The highest BCUT2D eigenvalue weighted by Crippen LogP contribution is 2.15. The van der Waals surface area contributed by atoms with Gasteiger partial charge in [-0.3, -0.25) is 0 Å². The average molecular weight is 222 g/mol. The molecule has 4 heteroatoms. The number of nitrogens with zero attached hydrogens (tertiary/aromatic N) is 1. The van der Waals surface area contributed by atoms with Crippen LogP contribution in [0, 0.1) is 5.92 Å². The number of ether oxygens (including phenoxy) is 1. The van der Waals surface area contributed by atoms with E-state index >= 15 is 0 Å². The minimum atomic E-state index is -0.116. The minimum Gasteiger partial charge on any atom is -0.393 e. The summed E-state index contributed by atoms with van der Waals surface area (Å²) in [5.74, 6) is 0.951. The second-order valence-electron chi connectivity index (χ2n) is 3.94. The molecule has 1 fully saturated rings. The summed E-state index contributed by atoms with van der Waals surface area (Å²) in [6, 6.07) is 0. The first-order valence-corrected chi connectivity index (χ1v) is 5.81. The fraction of sp³-hybridized carbons (Fsp3) is 1.00. The smallest absolute Gasteiger partial charge is 0.0602 e. The minimum absolute atomic E-state index is 0.116. The third kappa shape index (κ3) is 4.13. The number of hydrogen-bond donors (Lipinski definition) is 1. The van der Waals surface area contributed by atoms with Gasteiger partial charge in [0.05, 0.1) is 19.3 Å². The molecule has 0 spiro atoms. The second-order valence-corrected chi connectivity index (χ2v) is 4.31. The van der Waals surface area contributed by atoms with Gasteiger partial charge in [-0.25, -0.2) is 0 Å². The number of hydrogen-bond acceptors (Lipinski definition) is 3. The zero-order chi connectivity index (χ0) is 10.4. The largest absolute Gasteiger partial charge is 0.393 e. The summed E-state index contributed by atoms with van der Waals surface area (Å²) < 4.78 is 5.31. The molecule has 0 saturated carbocycles. The van der Waals surface area contributed by atoms with Gasteiger partial charge in [0, 0.05) is 25.5 Å². The van der Waals surface area contributed by atoms with E-state index in [4.69, 9.17) is 16.3 Å². The van der Waals surface area contributed by atoms with Crippen LogP contribution >= 0.6 is 11.6 Å². The van der Waals surface area contributed by atoms with E-state index in [1.165, 1.54) is 0 Å². The molecule has 0 amide bonds. The van der Waals surface area contributed by atoms with Gasteiger partial charge in [0.1, 0.15) is 0 Å². The van der Waals surface area contributed by atoms with E-state index in [0.717, 1.165) is 32.7 Å². The Kier molecular flexibility index (Phi) is 5.78. The molecule has 1 aliphatic rings. The Balaban J connectivity index is 2.07. The first-order chi connectivity index (χ1) is 6.74. The van der Waals surface area contributed by atoms with Crippen LogP contribution in [0.15, 0.2) is 0 Å². The van der Waals surface area contributed by atoms with E-state index in [1.807, 2.05) is 0 Å². The molecule has 2 unspecified atom stereocenters. The van der Waals surface area contributed by atoms with Gasteiger partial charge in [-0.15, -0.1) is 11.6 Å². The number of halogens is 1. The Hall–Kier alpha value is 0.170. The molecule has 1 aliphatic heterocycles. The van der Waals surface area contributed by atoms with Crippen LogP contribution < -0.4 is 0 Å². The van der Waals surface area contributed by atoms with E-state index in [1.54, 1.807) is 0 Å². The van der Waals surface area contributed by atoms with Gasteiger partial charge in [-0.2, -0.15) is 0 Å². The number of piperidine rings is 1. The molecule has 1 rings (SSSR count). The van der Waals surface area contributed by atoms with Gasteiger partial charge in [0.15, 0.2) is 0 Å². The standard InChI is InChI=1S/C10H20ClNO2/c1-9-8-12(4-2-10(9)13)5-7-14-6-3-11/h9-10,13H,2-8H2,1H3. The Labute approximate surface area is 91.0 Å². The Morgan fingerprint density at radius 3 is 2.93 bits per heavy atom. The molecule has 0 aromatic heterocycles. The van der Waals surface area contributed by atoms with Gasteiger partial charge >= 0.3 is 0 Å². The van der Waals surface area contributed by atoms with Crippen molar-refractivity contribution in [2.24, 2.45) is 5.92 Å². The summed E-state index contributed by atoms with van der Waals surface area (Å²) in [4.78, 5) is 2.34. The van der Waals surface area contributed by atoms with Crippen molar-refractivity contribution in [2.45, 2.75) is 19.4 Å². The average Bonchev–Trinajstić information content (AvgIpc) is 2.18. The molecule has 1 saturated heterocycles. The lowest BCUT2D eigenvalue weighted by Gasteiger charge is -2.34. The lowest BCUT2D eigenvalue weighted by Crippen LogP contribution is -2.43. The van der Waals surface area contributed by atoms with Gasteiger partial charge < -0.3 is 14.7 Å². The molecule has 0 radical (unpaired) electrons. The zero-order valence-corrected chi connectivity index (χ0v) is 9.54. The topological polar surface area (TPSA) is 32.7 Å². The van der Waals surface area contributed by atoms with E-state index < -0.39 is 0 Å². The van der Waals surface area contributed by atoms with Crippen molar-refractivity contribution >= 4 is 11.6 Å². The molecule has 1 heterocycles. The number of aliphatic hydroxyl groups is 1. The molecule has 84 valence electrons. The summed E-state index contributed by atoms with van der Waals surface area (Å²) in [5, 5.41) is 9.53. The summed E-state index contributed by atoms with van der Waals surface area (Å²) in [6.07, 6.45) is 0.770. The first-order valence-electron chi connectivity index (χ1n) is 5.28. The Bertz CT molecular complexity index is 157. The van der Waals surface area contributed by atoms with Crippen molar-refractivity contribution in [3.05, 3.63) is 0 Å². The molecule has 14 heavy (non-hydrogen) atoms. The third-order valence-corrected chi connectivity index (χ3v) is 2.87. The maximum absolute atomic E-state index is 9.53. The summed E-state index contributed by atoms with van der Waals surface area (Å²) in [7, 11) is 0. The molecule has 2 atom stereocenters. The van der Waals surface area contributed by atoms with E-state index in [9.17, 15) is 5.11 Å². The molecular weight excluding hydrogens is 202 g/mol. The van der Waals surface area contributed by atoms with Crippen molar-refractivity contribution in [3.8, 4) is 0 Å². The highest BCUT2D eigenvalue weighted by Gasteiger charge is 2.23. The summed E-state index contributed by atoms with van der Waals surface area (Å²) >= 11 is 5.49. The third-order valence-electron chi connectivity index (χ3n) is 2.72. The molecule has 0 bridgehead atoms. The lowest BCUT2D eigenvalue weighted by molar-refractivity contribution is 0.0217. The van der Waals surface area contributed by atoms with Crippen LogP contribution in [0.5, 0.6) is 0 Å². The maximum atomic E-state index is 9.53. The SMILES string of the molecule is CC1CN(CCOCCCl)CCC1O. The fourth-order valence-corrected chi connectivity index (χ4v) is 1.88. The molecule has 3 nitrogen and oxygen atoms in total. The number of alkyl halides is 1. The van der Waals surface area contributed by atoms with E-state index in [0.29, 0.717) is 18.4 Å². The molecular formula is C10H20ClNO2. The van der Waals surface area contributed by atoms with Gasteiger partial charge in [-0.05, 0) is 12.3 Å². The van der Waals surface area contributed by atoms with Crippen molar-refractivity contribution in [1.29, 1.82) is 0 Å². The van der Waals surface area contributed by atoms with Crippen LogP contribution in [-0.4, -0.2) is 54.8 Å². The van der Waals surface area contributed by atoms with Crippen LogP contribution in [0.4, 0.5) is 0 Å². The lowest BCUT2D eigenvalue weighted by atomic mass is 9.97. The Morgan fingerprint density at radius 1 is 1.50 bits per heavy atom. The first kappa shape index (κ1) is 12.2. The summed E-state index contributed by atoms with van der Waals surface area (Å²) in [6.45, 7) is 6.38. The molecule has 0 aromatic rings. The quantitative estimate of drug-likeness (QED) is 0.554. The predicted molar refractivity (Wildman–Crippen MR) is 57.8 cm³/mol. The van der Waals surface area contributed by atoms with Crippen LogP contribution in [0.25, 0.3) is 0 Å².